The standard InChI is InChI=1S/4C13H4F8.C10H9N.Al.H2O.O/c4*1-3-2-4(7(15)10(18)6(3)14)5-8(16)11(19)13(21)12(20)9(5)17;1-2-6-10(7-3-1)11-8-4-5-9-11;;;/h4*2H,1H3;1-9H;;1H2;/q;;;;;+1;;/p-1. The van der Waals surface area contributed by atoms with E-state index in [0.717, 1.165) is 27.7 Å². The zero-order valence-corrected chi connectivity index (χ0v) is 49.1. The summed E-state index contributed by atoms with van der Waals surface area (Å²) in [4.78, 5) is 0. The predicted molar refractivity (Wildman–Crippen MR) is 280 cm³/mol. The molecule has 0 fully saturated rings. The van der Waals surface area contributed by atoms with Gasteiger partial charge in [-0.3, -0.25) is 0 Å². The quantitative estimate of drug-likeness (QED) is 0.0808. The molecule has 9 aromatic carbocycles. The molecule has 1 heterocycles. The van der Waals surface area contributed by atoms with E-state index in [-0.39, 0.29) is 0 Å². The first-order valence-electron chi connectivity index (χ1n) is 25.5. The minimum absolute atomic E-state index is 0.450. The van der Waals surface area contributed by atoms with E-state index in [0.29, 0.717) is 24.3 Å². The number of rotatable bonds is 5. The monoisotopic (exact) mass is 1450 g/mol. The zero-order valence-electron chi connectivity index (χ0n) is 48.0. The van der Waals surface area contributed by atoms with Gasteiger partial charge in [-0.05, 0) is 98.5 Å². The van der Waals surface area contributed by atoms with Gasteiger partial charge in [0.1, 0.15) is 0 Å². The smallest absolute Gasteiger partial charge is 0.0449 e. The maximum Gasteiger partial charge on any atom is 0.0449 e. The van der Waals surface area contributed by atoms with E-state index >= 15 is 0 Å². The fraction of sp³-hybridized carbons (Fsp3) is 0.0645. The summed E-state index contributed by atoms with van der Waals surface area (Å²) in [6.07, 6.45) is 4.07. The van der Waals surface area contributed by atoms with Crippen molar-refractivity contribution < 1.29 is 148 Å². The van der Waals surface area contributed by atoms with Crippen LogP contribution in [0.25, 0.3) is 50.2 Å². The van der Waals surface area contributed by atoms with Gasteiger partial charge in [0.2, 0.25) is 23.3 Å². The fourth-order valence-corrected chi connectivity index (χ4v) is 8.12. The van der Waals surface area contributed by atoms with Gasteiger partial charge in [-0.1, -0.05) is 18.2 Å². The number of benzene rings is 9. The first kappa shape index (κ1) is 78.8. The Morgan fingerprint density at radius 3 is 0.561 bits per heavy atom. The molecule has 0 spiro atoms. The summed E-state index contributed by atoms with van der Waals surface area (Å²) < 4.78 is 441. The summed E-state index contributed by atoms with van der Waals surface area (Å²) in [6, 6.07) is 16.1. The van der Waals surface area contributed by atoms with E-state index < -0.39 is 268 Å². The molecule has 0 unspecified atom stereocenters. The van der Waals surface area contributed by atoms with Crippen LogP contribution in [-0.2, 0) is 3.80 Å². The van der Waals surface area contributed by atoms with Crippen molar-refractivity contribution in [3.63, 3.8) is 0 Å². The molecule has 0 atom stereocenters. The Hall–Kier alpha value is -9.85. The van der Waals surface area contributed by atoms with Gasteiger partial charge in [0.05, 0.1) is 22.3 Å². The average molecular weight is 1450 g/mol. The van der Waals surface area contributed by atoms with Crippen molar-refractivity contribution >= 4 is 15.5 Å². The number of aromatic nitrogens is 1. The zero-order chi connectivity index (χ0) is 74.5. The van der Waals surface area contributed by atoms with Gasteiger partial charge in [-0.2, -0.15) is 0 Å². The van der Waals surface area contributed by atoms with E-state index in [9.17, 15) is 140 Å². The molecular weight excluding hydrogens is 1430 g/mol. The molecule has 10 rings (SSSR count). The first-order chi connectivity index (χ1) is 45.6. The maximum absolute atomic E-state index is 13.6. The fourth-order valence-electron chi connectivity index (χ4n) is 8.12. The molecule has 1 aromatic heterocycles. The van der Waals surface area contributed by atoms with Crippen molar-refractivity contribution in [1.82, 2.24) is 4.57 Å². The number of para-hydroxylation sites is 1. The number of halogens is 32. The summed E-state index contributed by atoms with van der Waals surface area (Å²) in [7, 11) is 0. The van der Waals surface area contributed by atoms with Crippen LogP contribution >= 0.6 is 0 Å². The molecule has 0 amide bonds. The van der Waals surface area contributed by atoms with Gasteiger partial charge < -0.3 is 4.57 Å². The minimum atomic E-state index is -2.44. The molecule has 0 saturated heterocycles. The molecule has 0 aliphatic rings. The SMILES string of the molecule is Cc1cc(-c2c(F)c(F)c(F)c(F)c2F)c(F)c(F)c1F.Cc1cc(-c2c(F)c(F)c(F)c(F)c2F)c(F)c(F)c1F.Cc1cc(-c2c(F)c(F)c(F)c(F)c2F)c(F)c(F)c1F.Cc1cc(-c2c(F)c(F)c(F)c(F)c2F)c(F)c(F)c1F.[O]=[Al][OH].c1ccc(-n2cccc2)cc1. The Morgan fingerprint density at radius 1 is 0.235 bits per heavy atom. The van der Waals surface area contributed by atoms with E-state index in [1.165, 1.54) is 5.69 Å². The molecule has 36 heteroatoms. The van der Waals surface area contributed by atoms with E-state index in [4.69, 9.17) is 7.96 Å². The van der Waals surface area contributed by atoms with Gasteiger partial charge >= 0.3 is 23.4 Å². The van der Waals surface area contributed by atoms with E-state index in [1.807, 2.05) is 42.7 Å². The van der Waals surface area contributed by atoms with Gasteiger partial charge in [0, 0.05) is 40.3 Å². The molecule has 518 valence electrons. The second-order valence-electron chi connectivity index (χ2n) is 19.0. The molecule has 10 aromatic rings. The van der Waals surface area contributed by atoms with Crippen LogP contribution in [0.3, 0.4) is 0 Å². The largest absolute Gasteiger partial charge is 0.324 e. The van der Waals surface area contributed by atoms with Crippen molar-refractivity contribution in [2.24, 2.45) is 0 Å². The summed E-state index contributed by atoms with van der Waals surface area (Å²) in [5.74, 6) is -70.0. The van der Waals surface area contributed by atoms with Gasteiger partial charge in [-0.15, -0.1) is 0 Å². The molecule has 0 aliphatic heterocycles. The molecule has 0 radical (unpaired) electrons. The van der Waals surface area contributed by atoms with Gasteiger partial charge in [-0.25, -0.2) is 140 Å². The average Bonchev–Trinajstić information content (AvgIpc) is 0.812. The van der Waals surface area contributed by atoms with E-state index in [2.05, 4.69) is 16.7 Å². The van der Waals surface area contributed by atoms with Crippen molar-refractivity contribution in [3.05, 3.63) is 288 Å². The molecule has 98 heavy (non-hydrogen) atoms. The number of aryl methyl sites for hydroxylation is 4. The van der Waals surface area contributed by atoms with Crippen LogP contribution in [-0.4, -0.2) is 24.2 Å². The van der Waals surface area contributed by atoms with Crippen molar-refractivity contribution in [1.29, 1.82) is 0 Å². The molecule has 0 aliphatic carbocycles. The van der Waals surface area contributed by atoms with Crippen LogP contribution in [0.15, 0.2) is 79.1 Å². The third-order valence-electron chi connectivity index (χ3n) is 12.9. The van der Waals surface area contributed by atoms with E-state index in [1.54, 1.807) is 0 Å². The van der Waals surface area contributed by atoms with Gasteiger partial charge in [0.25, 0.3) is 0 Å². The van der Waals surface area contributed by atoms with Crippen LogP contribution in [0.5, 0.6) is 0 Å². The van der Waals surface area contributed by atoms with Crippen molar-refractivity contribution in [2.75, 3.05) is 0 Å². The number of nitrogens with zero attached hydrogens (tertiary/aromatic N) is 1. The minimum Gasteiger partial charge on any atom is -0.324 e. The van der Waals surface area contributed by atoms with Crippen LogP contribution in [0.2, 0.25) is 0 Å². The van der Waals surface area contributed by atoms with Crippen LogP contribution < -0.4 is 0 Å². The third-order valence-corrected chi connectivity index (χ3v) is 12.9. The van der Waals surface area contributed by atoms with Crippen LogP contribution in [0, 0.1) is 214 Å². The molecule has 0 saturated carbocycles. The van der Waals surface area contributed by atoms with Crippen molar-refractivity contribution in [2.45, 2.75) is 27.7 Å². The second kappa shape index (κ2) is 32.0. The topological polar surface area (TPSA) is 42.2 Å². The Kier molecular flexibility index (Phi) is 25.8. The summed E-state index contributed by atoms with van der Waals surface area (Å²) >= 11 is -1.50. The summed E-state index contributed by atoms with van der Waals surface area (Å²) in [5.41, 5.74) is -12.7. The third kappa shape index (κ3) is 15.4. The predicted octanol–water partition coefficient (Wildman–Crippen LogP) is 20.5. The Labute approximate surface area is 532 Å². The molecule has 1 N–H and O–H groups in total. The number of hydrogen-bond acceptors (Lipinski definition) is 1. The van der Waals surface area contributed by atoms with Gasteiger partial charge in [0.15, 0.2) is 163 Å². The van der Waals surface area contributed by atoms with Crippen LogP contribution in [0.1, 0.15) is 22.3 Å². The normalized spacial score (nSPS) is 10.7. The second-order valence-corrected chi connectivity index (χ2v) is 19.3. The maximum atomic E-state index is 13.6. The Balaban J connectivity index is 0.000000221. The summed E-state index contributed by atoms with van der Waals surface area (Å²) in [6.45, 7) is 3.75. The molecule has 3 nitrogen and oxygen atoms in total. The Morgan fingerprint density at radius 2 is 0.388 bits per heavy atom. The molecule has 0 bridgehead atoms. The first-order valence-corrected chi connectivity index (χ1v) is 26.5. The molecular formula is C62H26AlF32NO2. The Bertz CT molecular complexity index is 4110. The van der Waals surface area contributed by atoms with Crippen molar-refractivity contribution in [3.8, 4) is 50.2 Å². The summed E-state index contributed by atoms with van der Waals surface area (Å²) in [5, 5.41) is 0. The number of hydrogen-bond donors (Lipinski definition) is 1. The van der Waals surface area contributed by atoms with Crippen LogP contribution in [0.4, 0.5) is 140 Å².